The number of aliphatic hydroxyl groups excluding tert-OH is 2. The van der Waals surface area contributed by atoms with Crippen LogP contribution in [-0.2, 0) is 14.3 Å². The van der Waals surface area contributed by atoms with Crippen molar-refractivity contribution in [2.45, 2.75) is 283 Å². The molecule has 0 aromatic carbocycles. The summed E-state index contributed by atoms with van der Waals surface area (Å²) in [6.07, 6.45) is 59.8. The zero-order valence-electron chi connectivity index (χ0n) is 39.9. The van der Waals surface area contributed by atoms with Gasteiger partial charge in [0.1, 0.15) is 0 Å². The van der Waals surface area contributed by atoms with Gasteiger partial charge in [0.15, 0.2) is 0 Å². The number of hydrogen-bond donors (Lipinski definition) is 3. The Labute approximate surface area is 373 Å². The minimum atomic E-state index is -0.673. The highest BCUT2D eigenvalue weighted by Gasteiger charge is 2.20. The zero-order valence-corrected chi connectivity index (χ0v) is 39.9. The fourth-order valence-electron chi connectivity index (χ4n) is 7.84. The Kier molecular flexibility index (Phi) is 48.1. The van der Waals surface area contributed by atoms with Crippen LogP contribution in [0.1, 0.15) is 271 Å². The van der Waals surface area contributed by atoms with Crippen molar-refractivity contribution >= 4 is 11.9 Å². The van der Waals surface area contributed by atoms with Crippen LogP contribution >= 0.6 is 0 Å². The van der Waals surface area contributed by atoms with E-state index in [1.807, 2.05) is 0 Å². The number of nitrogens with one attached hydrogen (secondary N) is 1. The van der Waals surface area contributed by atoms with Gasteiger partial charge in [0.2, 0.25) is 5.91 Å². The van der Waals surface area contributed by atoms with Crippen LogP contribution in [0.15, 0.2) is 36.5 Å². The predicted molar refractivity (Wildman–Crippen MR) is 259 cm³/mol. The topological polar surface area (TPSA) is 95.9 Å². The van der Waals surface area contributed by atoms with E-state index in [4.69, 9.17) is 4.74 Å². The molecule has 0 bridgehead atoms. The summed E-state index contributed by atoms with van der Waals surface area (Å²) >= 11 is 0. The number of rotatable bonds is 48. The lowest BCUT2D eigenvalue weighted by molar-refractivity contribution is -0.143. The van der Waals surface area contributed by atoms with E-state index in [-0.39, 0.29) is 18.5 Å². The van der Waals surface area contributed by atoms with Crippen LogP contribution < -0.4 is 5.32 Å². The molecular formula is C54H101NO5. The molecule has 0 spiro atoms. The standard InChI is InChI=1S/C54H101NO5/c1-3-5-7-9-11-13-14-15-16-18-22-25-28-32-36-40-44-48-54(59)60-49-45-41-37-33-29-26-23-20-17-19-21-24-27-31-35-39-43-47-53(58)55-51(50-56)52(57)46-42-38-34-30-12-10-8-6-4-2/h15-17,20,26,29,51-52,56-57H,3-14,18-19,21-25,27-28,30-50H2,1-2H3,(H,55,58)/b16-15-,20-17-,29-26-. The van der Waals surface area contributed by atoms with Crippen LogP contribution in [0.25, 0.3) is 0 Å². The van der Waals surface area contributed by atoms with Gasteiger partial charge in [0, 0.05) is 12.8 Å². The second kappa shape index (κ2) is 49.7. The van der Waals surface area contributed by atoms with Gasteiger partial charge in [-0.05, 0) is 89.9 Å². The fourth-order valence-corrected chi connectivity index (χ4v) is 7.84. The molecule has 2 atom stereocenters. The number of allylic oxidation sites excluding steroid dienone is 6. The van der Waals surface area contributed by atoms with Gasteiger partial charge in [-0.15, -0.1) is 0 Å². The Morgan fingerprint density at radius 2 is 0.833 bits per heavy atom. The van der Waals surface area contributed by atoms with Crippen LogP contribution in [0, 0.1) is 0 Å². The number of unbranched alkanes of at least 4 members (excludes halogenated alkanes) is 31. The van der Waals surface area contributed by atoms with Crippen LogP contribution in [0.2, 0.25) is 0 Å². The number of hydrogen-bond acceptors (Lipinski definition) is 5. The monoisotopic (exact) mass is 844 g/mol. The van der Waals surface area contributed by atoms with Crippen molar-refractivity contribution in [2.24, 2.45) is 0 Å². The first kappa shape index (κ1) is 58.1. The number of carbonyl (C=O) groups is 2. The predicted octanol–water partition coefficient (Wildman–Crippen LogP) is 15.7. The molecule has 3 N–H and O–H groups in total. The molecule has 0 heterocycles. The largest absolute Gasteiger partial charge is 0.466 e. The molecule has 0 aliphatic carbocycles. The van der Waals surface area contributed by atoms with E-state index in [1.165, 1.54) is 154 Å². The average molecular weight is 844 g/mol. The number of aliphatic hydroxyl groups is 2. The summed E-state index contributed by atoms with van der Waals surface area (Å²) in [6, 6.07) is -0.552. The Morgan fingerprint density at radius 3 is 1.28 bits per heavy atom. The molecule has 0 saturated carbocycles. The fraction of sp³-hybridized carbons (Fsp3) is 0.852. The molecule has 6 heteroatoms. The number of carbonyl (C=O) groups excluding carboxylic acids is 2. The summed E-state index contributed by atoms with van der Waals surface area (Å²) in [7, 11) is 0. The molecule has 0 rings (SSSR count). The van der Waals surface area contributed by atoms with Crippen molar-refractivity contribution < 1.29 is 24.5 Å². The van der Waals surface area contributed by atoms with E-state index in [1.54, 1.807) is 0 Å². The molecule has 0 saturated heterocycles. The molecular weight excluding hydrogens is 743 g/mol. The van der Waals surface area contributed by atoms with Gasteiger partial charge in [0.05, 0.1) is 25.4 Å². The smallest absolute Gasteiger partial charge is 0.305 e. The molecule has 352 valence electrons. The molecule has 60 heavy (non-hydrogen) atoms. The molecule has 2 unspecified atom stereocenters. The Hall–Kier alpha value is -1.92. The van der Waals surface area contributed by atoms with E-state index < -0.39 is 12.1 Å². The lowest BCUT2D eigenvalue weighted by Crippen LogP contribution is -2.45. The van der Waals surface area contributed by atoms with E-state index in [0.717, 1.165) is 83.5 Å². The molecule has 0 aliphatic rings. The maximum atomic E-state index is 12.4. The summed E-state index contributed by atoms with van der Waals surface area (Å²) < 4.78 is 5.45. The molecule has 1 amide bonds. The zero-order chi connectivity index (χ0) is 43.7. The summed E-state index contributed by atoms with van der Waals surface area (Å²) in [5, 5.41) is 23.0. The highest BCUT2D eigenvalue weighted by molar-refractivity contribution is 5.76. The van der Waals surface area contributed by atoms with Crippen molar-refractivity contribution in [1.29, 1.82) is 0 Å². The van der Waals surface area contributed by atoms with Gasteiger partial charge in [-0.25, -0.2) is 0 Å². The van der Waals surface area contributed by atoms with Crippen molar-refractivity contribution in [3.05, 3.63) is 36.5 Å². The number of esters is 1. The van der Waals surface area contributed by atoms with Crippen LogP contribution in [0.5, 0.6) is 0 Å². The second-order valence-corrected chi connectivity index (χ2v) is 17.8. The Morgan fingerprint density at radius 1 is 0.467 bits per heavy atom. The quantitative estimate of drug-likeness (QED) is 0.0322. The van der Waals surface area contributed by atoms with Gasteiger partial charge >= 0.3 is 5.97 Å². The molecule has 6 nitrogen and oxygen atoms in total. The van der Waals surface area contributed by atoms with Gasteiger partial charge in [-0.1, -0.05) is 204 Å². The minimum Gasteiger partial charge on any atom is -0.466 e. The van der Waals surface area contributed by atoms with E-state index in [2.05, 4.69) is 55.6 Å². The van der Waals surface area contributed by atoms with Crippen molar-refractivity contribution in [2.75, 3.05) is 13.2 Å². The molecule has 0 aromatic heterocycles. The van der Waals surface area contributed by atoms with E-state index in [0.29, 0.717) is 25.9 Å². The molecule has 0 aromatic rings. The van der Waals surface area contributed by atoms with Gasteiger partial charge in [-0.2, -0.15) is 0 Å². The maximum absolute atomic E-state index is 12.4. The minimum absolute atomic E-state index is 0.0195. The summed E-state index contributed by atoms with van der Waals surface area (Å²) in [6.45, 7) is 4.87. The number of amides is 1. The van der Waals surface area contributed by atoms with Gasteiger partial charge in [0.25, 0.3) is 0 Å². The lowest BCUT2D eigenvalue weighted by atomic mass is 10.0. The van der Waals surface area contributed by atoms with Crippen molar-refractivity contribution in [1.82, 2.24) is 5.32 Å². The highest BCUT2D eigenvalue weighted by atomic mass is 16.5. The van der Waals surface area contributed by atoms with E-state index in [9.17, 15) is 19.8 Å². The first-order valence-corrected chi connectivity index (χ1v) is 26.2. The molecule has 0 radical (unpaired) electrons. The molecule has 0 fully saturated rings. The average Bonchev–Trinajstić information content (AvgIpc) is 3.25. The Balaban J connectivity index is 3.47. The van der Waals surface area contributed by atoms with Gasteiger partial charge in [-0.3, -0.25) is 9.59 Å². The third kappa shape index (κ3) is 45.6. The SMILES string of the molecule is CCCCCCCC/C=C\CCCCCCCCCC(=O)OCCCCC/C=C\C/C=C\CCCCCCCCCC(=O)NC(CO)C(O)CCCCCCCCCCC. The first-order valence-electron chi connectivity index (χ1n) is 26.2. The lowest BCUT2D eigenvalue weighted by Gasteiger charge is -2.22. The third-order valence-electron chi connectivity index (χ3n) is 11.9. The normalized spacial score (nSPS) is 12.9. The maximum Gasteiger partial charge on any atom is 0.305 e. The van der Waals surface area contributed by atoms with Crippen LogP contribution in [0.3, 0.4) is 0 Å². The van der Waals surface area contributed by atoms with Crippen molar-refractivity contribution in [3.8, 4) is 0 Å². The van der Waals surface area contributed by atoms with Gasteiger partial charge < -0.3 is 20.3 Å². The summed E-state index contributed by atoms with van der Waals surface area (Å²) in [5.74, 6) is -0.0741. The third-order valence-corrected chi connectivity index (χ3v) is 11.9. The van der Waals surface area contributed by atoms with Crippen LogP contribution in [0.4, 0.5) is 0 Å². The first-order chi connectivity index (χ1) is 29.5. The van der Waals surface area contributed by atoms with Crippen LogP contribution in [-0.4, -0.2) is 47.4 Å². The Bertz CT molecular complexity index is 977. The molecule has 0 aliphatic heterocycles. The van der Waals surface area contributed by atoms with E-state index >= 15 is 0 Å². The number of ether oxygens (including phenoxy) is 1. The summed E-state index contributed by atoms with van der Waals surface area (Å²) in [5.41, 5.74) is 0. The highest BCUT2D eigenvalue weighted by Crippen LogP contribution is 2.15. The summed E-state index contributed by atoms with van der Waals surface area (Å²) in [4.78, 5) is 24.4. The second-order valence-electron chi connectivity index (χ2n) is 17.8. The van der Waals surface area contributed by atoms with Crippen molar-refractivity contribution in [3.63, 3.8) is 0 Å².